The minimum absolute atomic E-state index is 0.0394. The number of nitrogens with zero attached hydrogens (tertiary/aromatic N) is 1. The number of hydrazine groups is 1. The summed E-state index contributed by atoms with van der Waals surface area (Å²) >= 11 is 0. The van der Waals surface area contributed by atoms with Gasteiger partial charge in [-0.1, -0.05) is 25.1 Å². The summed E-state index contributed by atoms with van der Waals surface area (Å²) in [5.41, 5.74) is 6.31. The molecule has 2 aromatic rings. The van der Waals surface area contributed by atoms with Crippen LogP contribution >= 0.6 is 0 Å². The summed E-state index contributed by atoms with van der Waals surface area (Å²) in [7, 11) is 0. The summed E-state index contributed by atoms with van der Waals surface area (Å²) in [5.74, 6) is 5.86. The largest absolute Gasteiger partial charge is 0.324 e. The van der Waals surface area contributed by atoms with Gasteiger partial charge in [0.2, 0.25) is 0 Å². The number of fused-ring (bicyclic) bond motifs is 1. The lowest BCUT2D eigenvalue weighted by Gasteiger charge is -2.33. The topological polar surface area (TPSA) is 58.4 Å². The van der Waals surface area contributed by atoms with E-state index >= 15 is 0 Å². The molecule has 4 heteroatoms. The summed E-state index contributed by atoms with van der Waals surface area (Å²) in [4.78, 5) is 14.7. The molecule has 1 aliphatic rings. The van der Waals surface area contributed by atoms with Gasteiger partial charge in [-0.25, -0.2) is 0 Å². The second kappa shape index (κ2) is 5.58. The summed E-state index contributed by atoms with van der Waals surface area (Å²) in [6.07, 6.45) is 1.02. The standard InChI is InChI=1S/C17H19N3O/c1-12-10-14-4-2-3-5-16(14)20(11-12)17(21)13-6-8-15(19-18)9-7-13/h2-9,12,19H,10-11,18H2,1H3. The molecule has 0 bridgehead atoms. The molecule has 108 valence electrons. The van der Waals surface area contributed by atoms with Crippen LogP contribution in [0.15, 0.2) is 48.5 Å². The van der Waals surface area contributed by atoms with Gasteiger partial charge in [0.25, 0.3) is 5.91 Å². The van der Waals surface area contributed by atoms with Crippen molar-refractivity contribution in [3.8, 4) is 0 Å². The summed E-state index contributed by atoms with van der Waals surface area (Å²) in [6, 6.07) is 15.4. The number of hydrogen-bond acceptors (Lipinski definition) is 3. The maximum Gasteiger partial charge on any atom is 0.258 e. The Balaban J connectivity index is 1.93. The average molecular weight is 281 g/mol. The first-order valence-corrected chi connectivity index (χ1v) is 7.15. The van der Waals surface area contributed by atoms with E-state index in [-0.39, 0.29) is 5.91 Å². The molecule has 1 heterocycles. The van der Waals surface area contributed by atoms with Gasteiger partial charge in [-0.05, 0) is 48.2 Å². The molecule has 0 saturated carbocycles. The SMILES string of the molecule is CC1Cc2ccccc2N(C(=O)c2ccc(NN)cc2)C1. The van der Waals surface area contributed by atoms with Crippen LogP contribution in [-0.2, 0) is 6.42 Å². The Kier molecular flexibility index (Phi) is 3.62. The van der Waals surface area contributed by atoms with Crippen molar-refractivity contribution in [2.24, 2.45) is 11.8 Å². The number of carbonyl (C=O) groups excluding carboxylic acids is 1. The van der Waals surface area contributed by atoms with E-state index in [4.69, 9.17) is 5.84 Å². The monoisotopic (exact) mass is 281 g/mol. The van der Waals surface area contributed by atoms with E-state index < -0.39 is 0 Å². The quantitative estimate of drug-likeness (QED) is 0.657. The van der Waals surface area contributed by atoms with Crippen molar-refractivity contribution >= 4 is 17.3 Å². The van der Waals surface area contributed by atoms with Crippen LogP contribution in [-0.4, -0.2) is 12.5 Å². The molecule has 1 atom stereocenters. The van der Waals surface area contributed by atoms with Crippen molar-refractivity contribution in [2.45, 2.75) is 13.3 Å². The van der Waals surface area contributed by atoms with Gasteiger partial charge in [-0.3, -0.25) is 10.6 Å². The molecule has 0 radical (unpaired) electrons. The highest BCUT2D eigenvalue weighted by Gasteiger charge is 2.26. The summed E-state index contributed by atoms with van der Waals surface area (Å²) in [6.45, 7) is 2.93. The van der Waals surface area contributed by atoms with E-state index in [1.54, 1.807) is 12.1 Å². The molecular weight excluding hydrogens is 262 g/mol. The number of rotatable bonds is 2. The number of nitrogens with two attached hydrogens (primary N) is 1. The van der Waals surface area contributed by atoms with E-state index in [0.717, 1.165) is 24.3 Å². The average Bonchev–Trinajstić information content (AvgIpc) is 2.53. The number of anilines is 2. The Hall–Kier alpha value is -2.33. The highest BCUT2D eigenvalue weighted by atomic mass is 16.2. The lowest BCUT2D eigenvalue weighted by Crippen LogP contribution is -2.39. The van der Waals surface area contributed by atoms with Crippen molar-refractivity contribution in [3.63, 3.8) is 0 Å². The van der Waals surface area contributed by atoms with E-state index in [1.165, 1.54) is 5.56 Å². The molecule has 0 spiro atoms. The molecule has 1 unspecified atom stereocenters. The van der Waals surface area contributed by atoms with E-state index in [0.29, 0.717) is 11.5 Å². The lowest BCUT2D eigenvalue weighted by molar-refractivity contribution is 0.0981. The van der Waals surface area contributed by atoms with Crippen molar-refractivity contribution < 1.29 is 4.79 Å². The molecule has 21 heavy (non-hydrogen) atoms. The van der Waals surface area contributed by atoms with Crippen molar-refractivity contribution in [1.29, 1.82) is 0 Å². The minimum Gasteiger partial charge on any atom is -0.324 e. The molecule has 0 aromatic heterocycles. The lowest BCUT2D eigenvalue weighted by atomic mass is 9.93. The third-order valence-electron chi connectivity index (χ3n) is 3.89. The number of hydrogen-bond donors (Lipinski definition) is 2. The van der Waals surface area contributed by atoms with Crippen LogP contribution in [0, 0.1) is 5.92 Å². The highest BCUT2D eigenvalue weighted by Crippen LogP contribution is 2.30. The van der Waals surface area contributed by atoms with E-state index in [2.05, 4.69) is 18.4 Å². The summed E-state index contributed by atoms with van der Waals surface area (Å²) in [5, 5.41) is 0. The maximum atomic E-state index is 12.8. The van der Waals surface area contributed by atoms with Gasteiger partial charge >= 0.3 is 0 Å². The second-order valence-corrected chi connectivity index (χ2v) is 5.58. The molecule has 3 rings (SSSR count). The van der Waals surface area contributed by atoms with Crippen molar-refractivity contribution in [1.82, 2.24) is 0 Å². The fourth-order valence-electron chi connectivity index (χ4n) is 2.85. The van der Waals surface area contributed by atoms with Gasteiger partial charge in [-0.2, -0.15) is 0 Å². The van der Waals surface area contributed by atoms with E-state index in [9.17, 15) is 4.79 Å². The normalized spacial score (nSPS) is 17.2. The zero-order chi connectivity index (χ0) is 14.8. The van der Waals surface area contributed by atoms with Gasteiger partial charge in [0.15, 0.2) is 0 Å². The van der Waals surface area contributed by atoms with Gasteiger partial charge < -0.3 is 10.3 Å². The van der Waals surface area contributed by atoms with Crippen LogP contribution in [0.3, 0.4) is 0 Å². The molecule has 0 fully saturated rings. The predicted octanol–water partition coefficient (Wildman–Crippen LogP) is 2.81. The fourth-order valence-corrected chi connectivity index (χ4v) is 2.85. The van der Waals surface area contributed by atoms with Crippen LogP contribution in [0.5, 0.6) is 0 Å². The first-order chi connectivity index (χ1) is 10.2. The van der Waals surface area contributed by atoms with Crippen LogP contribution < -0.4 is 16.2 Å². The first kappa shape index (κ1) is 13.6. The molecule has 0 saturated heterocycles. The van der Waals surface area contributed by atoms with Gasteiger partial charge in [-0.15, -0.1) is 0 Å². The number of benzene rings is 2. The number of carbonyl (C=O) groups is 1. The number of nitrogens with one attached hydrogen (secondary N) is 1. The maximum absolute atomic E-state index is 12.8. The second-order valence-electron chi connectivity index (χ2n) is 5.58. The fraction of sp³-hybridized carbons (Fsp3) is 0.235. The third kappa shape index (κ3) is 2.62. The first-order valence-electron chi connectivity index (χ1n) is 7.15. The number of para-hydroxylation sites is 1. The van der Waals surface area contributed by atoms with Crippen LogP contribution in [0.2, 0.25) is 0 Å². The van der Waals surface area contributed by atoms with Gasteiger partial charge in [0.1, 0.15) is 0 Å². The molecular formula is C17H19N3O. The van der Waals surface area contributed by atoms with Crippen LogP contribution in [0.4, 0.5) is 11.4 Å². The number of nitrogen functional groups attached to an aromatic ring is 1. The van der Waals surface area contributed by atoms with Crippen molar-refractivity contribution in [2.75, 3.05) is 16.9 Å². The molecule has 1 aliphatic heterocycles. The Bertz CT molecular complexity index is 651. The highest BCUT2D eigenvalue weighted by molar-refractivity contribution is 6.06. The zero-order valence-electron chi connectivity index (χ0n) is 12.0. The van der Waals surface area contributed by atoms with Gasteiger partial charge in [0, 0.05) is 23.5 Å². The molecule has 2 aromatic carbocycles. The Morgan fingerprint density at radius 2 is 1.90 bits per heavy atom. The Morgan fingerprint density at radius 1 is 1.19 bits per heavy atom. The van der Waals surface area contributed by atoms with Gasteiger partial charge in [0.05, 0.1) is 0 Å². The molecule has 3 N–H and O–H groups in total. The Labute approximate surface area is 124 Å². The molecule has 1 amide bonds. The van der Waals surface area contributed by atoms with E-state index in [1.807, 2.05) is 35.2 Å². The third-order valence-corrected chi connectivity index (χ3v) is 3.89. The van der Waals surface area contributed by atoms with Crippen LogP contribution in [0.25, 0.3) is 0 Å². The molecule has 0 aliphatic carbocycles. The predicted molar refractivity (Wildman–Crippen MR) is 85.2 cm³/mol. The smallest absolute Gasteiger partial charge is 0.258 e. The Morgan fingerprint density at radius 3 is 2.62 bits per heavy atom. The molecule has 4 nitrogen and oxygen atoms in total. The zero-order valence-corrected chi connectivity index (χ0v) is 12.0. The van der Waals surface area contributed by atoms with Crippen LogP contribution in [0.1, 0.15) is 22.8 Å². The minimum atomic E-state index is 0.0394. The summed E-state index contributed by atoms with van der Waals surface area (Å²) < 4.78 is 0. The van der Waals surface area contributed by atoms with Crippen molar-refractivity contribution in [3.05, 3.63) is 59.7 Å². The number of amides is 1.